The molecule has 2 aromatic heterocycles. The molecule has 1 amide bonds. The summed E-state index contributed by atoms with van der Waals surface area (Å²) in [5.74, 6) is -2.06. The second-order valence-corrected chi connectivity index (χ2v) is 18.1. The number of ether oxygens (including phenoxy) is 1. The van der Waals surface area contributed by atoms with Gasteiger partial charge in [-0.2, -0.15) is 10.2 Å². The van der Waals surface area contributed by atoms with Crippen molar-refractivity contribution in [2.24, 2.45) is 20.5 Å². The Labute approximate surface area is 345 Å². The maximum absolute atomic E-state index is 12.8. The van der Waals surface area contributed by atoms with Gasteiger partial charge in [0.2, 0.25) is 4.84 Å². The third-order valence-corrected chi connectivity index (χ3v) is 12.2. The largest absolute Gasteiger partial charge is 0.421 e. The average molecular weight is 914 g/mol. The molecule has 0 unspecified atom stereocenters. The Balaban J connectivity index is 1.41. The Morgan fingerprint density at radius 1 is 0.679 bits per heavy atom. The van der Waals surface area contributed by atoms with Crippen LogP contribution in [0.4, 0.5) is 38.7 Å². The maximum atomic E-state index is 12.8. The first kappa shape index (κ1) is 40.9. The normalized spacial score (nSPS) is 12.2. The second-order valence-electron chi connectivity index (χ2n) is 10.8. The fraction of sp³-hybridized carbons (Fsp3) is 0.0625. The number of fused-ring (bicyclic) bond motifs is 1. The summed E-state index contributed by atoms with van der Waals surface area (Å²) in [5, 5.41) is 23.7. The van der Waals surface area contributed by atoms with Crippen molar-refractivity contribution in [3.05, 3.63) is 96.0 Å². The molecule has 0 saturated heterocycles. The molecule has 6 rings (SSSR count). The quantitative estimate of drug-likeness (QED) is 0.0409. The Kier molecular flexibility index (Phi) is 12.8. The van der Waals surface area contributed by atoms with Crippen LogP contribution in [0.15, 0.2) is 126 Å². The Hall–Kier alpha value is -4.80. The van der Waals surface area contributed by atoms with Crippen LogP contribution in [0.2, 0.25) is 0 Å². The molecule has 0 aliphatic heterocycles. The summed E-state index contributed by atoms with van der Waals surface area (Å²) >= 11 is 25.5. The molecule has 0 fully saturated rings. The zero-order valence-electron chi connectivity index (χ0n) is 27.6. The zero-order valence-corrected chi connectivity index (χ0v) is 33.9. The third kappa shape index (κ3) is 9.95. The number of thiazole rings is 2. The van der Waals surface area contributed by atoms with Crippen molar-refractivity contribution < 1.29 is 31.2 Å². The standard InChI is InChI=1S/C32H21Cl4N9O7S4/c33-27(34)29(46)39-22-3-1-2-21-25(22)23(42-40-17-4-8-19(9-5-17)55(48,49)44-31-37-12-14-53-31)16-24(26(21)52-30(47)28(35)36)43-41-18-6-10-20(11-7-18)56(50,51)45-32-38-13-15-54-32/h1-16,27-28H,(H,37,44)(H,38,45)(H,39,46). The van der Waals surface area contributed by atoms with E-state index in [9.17, 15) is 26.4 Å². The van der Waals surface area contributed by atoms with Gasteiger partial charge in [-0.15, -0.1) is 32.9 Å². The summed E-state index contributed by atoms with van der Waals surface area (Å²) in [4.78, 5) is 30.0. The van der Waals surface area contributed by atoms with Crippen LogP contribution in [0.3, 0.4) is 0 Å². The van der Waals surface area contributed by atoms with E-state index in [1.165, 1.54) is 85.2 Å². The minimum absolute atomic E-state index is 0.0514. The molecule has 0 saturated carbocycles. The molecular formula is C32H21Cl4N9O7S4. The lowest BCUT2D eigenvalue weighted by atomic mass is 10.0. The molecular weight excluding hydrogens is 892 g/mol. The van der Waals surface area contributed by atoms with Gasteiger partial charge in [0.25, 0.3) is 26.0 Å². The molecule has 16 nitrogen and oxygen atoms in total. The van der Waals surface area contributed by atoms with Crippen molar-refractivity contribution in [1.82, 2.24) is 9.97 Å². The van der Waals surface area contributed by atoms with E-state index in [1.807, 2.05) is 0 Å². The number of nitrogens with zero attached hydrogens (tertiary/aromatic N) is 6. The predicted octanol–water partition coefficient (Wildman–Crippen LogP) is 9.64. The van der Waals surface area contributed by atoms with E-state index in [1.54, 1.807) is 10.8 Å². The number of hydrogen-bond donors (Lipinski definition) is 3. The van der Waals surface area contributed by atoms with Crippen molar-refractivity contribution in [3.63, 3.8) is 0 Å². The van der Waals surface area contributed by atoms with Gasteiger partial charge in [-0.3, -0.25) is 14.2 Å². The van der Waals surface area contributed by atoms with E-state index >= 15 is 0 Å². The zero-order chi connectivity index (χ0) is 40.0. The number of aromatic nitrogens is 2. The number of hydrogen-bond acceptors (Lipinski definition) is 15. The highest BCUT2D eigenvalue weighted by atomic mass is 35.5. The molecule has 6 aromatic rings. The fourth-order valence-electron chi connectivity index (χ4n) is 4.62. The van der Waals surface area contributed by atoms with Gasteiger partial charge in [-0.05, 0) is 60.7 Å². The van der Waals surface area contributed by atoms with Gasteiger partial charge in [-0.1, -0.05) is 58.5 Å². The van der Waals surface area contributed by atoms with E-state index in [0.29, 0.717) is 0 Å². The Morgan fingerprint density at radius 2 is 1.20 bits per heavy atom. The van der Waals surface area contributed by atoms with Crippen LogP contribution in [0.1, 0.15) is 0 Å². The number of carbonyl (C=O) groups excluding carboxylic acids is 2. The number of azo groups is 2. The predicted molar refractivity (Wildman–Crippen MR) is 216 cm³/mol. The number of sulfonamides is 2. The molecule has 56 heavy (non-hydrogen) atoms. The van der Waals surface area contributed by atoms with Crippen LogP contribution in [0.5, 0.6) is 5.75 Å². The van der Waals surface area contributed by atoms with Crippen LogP contribution < -0.4 is 19.5 Å². The molecule has 0 atom stereocenters. The van der Waals surface area contributed by atoms with Crippen molar-refractivity contribution in [2.45, 2.75) is 19.5 Å². The average Bonchev–Trinajstić information content (AvgIpc) is 3.88. The van der Waals surface area contributed by atoms with E-state index in [2.05, 4.69) is 45.2 Å². The lowest BCUT2D eigenvalue weighted by molar-refractivity contribution is -0.132. The number of nitrogens with one attached hydrogen (secondary N) is 3. The molecule has 24 heteroatoms. The van der Waals surface area contributed by atoms with Gasteiger partial charge in [0.05, 0.1) is 32.5 Å². The molecule has 0 radical (unpaired) electrons. The number of alkyl halides is 4. The third-order valence-electron chi connectivity index (χ3n) is 7.06. The topological polar surface area (TPSA) is 223 Å². The molecule has 4 aromatic carbocycles. The lowest BCUT2D eigenvalue weighted by Crippen LogP contribution is -2.19. The highest BCUT2D eigenvalue weighted by Crippen LogP contribution is 2.46. The van der Waals surface area contributed by atoms with Crippen LogP contribution in [-0.2, 0) is 29.6 Å². The number of carbonyl (C=O) groups is 2. The number of benzene rings is 4. The van der Waals surface area contributed by atoms with Gasteiger partial charge in [0.1, 0.15) is 5.69 Å². The second kappa shape index (κ2) is 17.6. The lowest BCUT2D eigenvalue weighted by Gasteiger charge is -2.16. The van der Waals surface area contributed by atoms with Crippen molar-refractivity contribution >= 4 is 150 Å². The molecule has 0 aliphatic rings. The van der Waals surface area contributed by atoms with Crippen molar-refractivity contribution in [2.75, 3.05) is 14.8 Å². The monoisotopic (exact) mass is 911 g/mol. The van der Waals surface area contributed by atoms with Gasteiger partial charge in [0.15, 0.2) is 20.8 Å². The maximum Gasteiger partial charge on any atom is 0.344 e. The highest BCUT2D eigenvalue weighted by Gasteiger charge is 2.24. The van der Waals surface area contributed by atoms with Crippen LogP contribution in [0, 0.1) is 0 Å². The van der Waals surface area contributed by atoms with Crippen LogP contribution in [-0.4, -0.2) is 48.4 Å². The first-order valence-electron chi connectivity index (χ1n) is 15.3. The Morgan fingerprint density at radius 3 is 1.66 bits per heavy atom. The summed E-state index contributed by atoms with van der Waals surface area (Å²) < 4.78 is 61.6. The number of esters is 1. The van der Waals surface area contributed by atoms with E-state index in [-0.39, 0.29) is 65.0 Å². The highest BCUT2D eigenvalue weighted by molar-refractivity contribution is 7.93. The van der Waals surface area contributed by atoms with Crippen molar-refractivity contribution in [1.29, 1.82) is 0 Å². The number of anilines is 3. The van der Waals surface area contributed by atoms with Crippen molar-refractivity contribution in [3.8, 4) is 5.75 Å². The minimum atomic E-state index is -3.95. The molecule has 0 spiro atoms. The van der Waals surface area contributed by atoms with Gasteiger partial charge in [-0.25, -0.2) is 31.6 Å². The molecule has 0 bridgehead atoms. The van der Waals surface area contributed by atoms with Gasteiger partial charge in [0, 0.05) is 33.9 Å². The smallest absolute Gasteiger partial charge is 0.344 e. The van der Waals surface area contributed by atoms with E-state index < -0.39 is 41.6 Å². The first-order chi connectivity index (χ1) is 26.7. The fourth-order valence-corrected chi connectivity index (χ4v) is 8.40. The summed E-state index contributed by atoms with van der Waals surface area (Å²) in [6.45, 7) is 0. The summed E-state index contributed by atoms with van der Waals surface area (Å²) in [6, 6.07) is 16.7. The van der Waals surface area contributed by atoms with Gasteiger partial charge < -0.3 is 10.1 Å². The SMILES string of the molecule is O=C(Nc1cccc2c(OC(=O)C(Cl)Cl)c(N=Nc3ccc(S(=O)(=O)Nc4nccs4)cc3)cc(N=Nc3ccc(S(=O)(=O)Nc4nccs4)cc3)c12)C(Cl)Cl. The number of halogens is 4. The summed E-state index contributed by atoms with van der Waals surface area (Å²) in [6.07, 6.45) is 2.92. The van der Waals surface area contributed by atoms with E-state index in [4.69, 9.17) is 51.1 Å². The Bertz CT molecular complexity index is 2670. The molecule has 0 aliphatic carbocycles. The summed E-state index contributed by atoms with van der Waals surface area (Å²) in [7, 11) is -7.91. The van der Waals surface area contributed by atoms with Crippen LogP contribution >= 0.6 is 69.1 Å². The number of rotatable bonds is 14. The van der Waals surface area contributed by atoms with Gasteiger partial charge >= 0.3 is 5.97 Å². The molecule has 288 valence electrons. The number of amides is 1. The van der Waals surface area contributed by atoms with E-state index in [0.717, 1.165) is 22.7 Å². The molecule has 3 N–H and O–H groups in total. The first-order valence-corrected chi connectivity index (χ1v) is 21.7. The molecule has 2 heterocycles. The minimum Gasteiger partial charge on any atom is -0.421 e. The van der Waals surface area contributed by atoms with Crippen LogP contribution in [0.25, 0.3) is 10.8 Å². The summed E-state index contributed by atoms with van der Waals surface area (Å²) in [5.41, 5.74) is 0.499.